The maximum atomic E-state index is 6.63. The van der Waals surface area contributed by atoms with Crippen LogP contribution in [0.2, 0.25) is 0 Å². The minimum Gasteiger partial charge on any atom is -0.456 e. The molecule has 4 nitrogen and oxygen atoms in total. The van der Waals surface area contributed by atoms with Crippen molar-refractivity contribution in [2.45, 2.75) is 49.7 Å². The maximum absolute atomic E-state index is 6.63. The minimum atomic E-state index is -0.432. The van der Waals surface area contributed by atoms with E-state index in [2.05, 4.69) is 323 Å². The molecule has 25 rings (SSSR count). The molecule has 0 radical (unpaired) electrons. The number of allylic oxidation sites excluding steroid dienone is 8. The fourth-order valence-corrected chi connectivity index (χ4v) is 21.4. The van der Waals surface area contributed by atoms with Gasteiger partial charge in [-0.15, -0.1) is 0 Å². The molecule has 1 saturated heterocycles. The lowest BCUT2D eigenvalue weighted by atomic mass is 9.61. The largest absolute Gasteiger partial charge is 0.494 e. The van der Waals surface area contributed by atoms with Gasteiger partial charge in [-0.1, -0.05) is 271 Å². The third-order valence-electron chi connectivity index (χ3n) is 26.0. The van der Waals surface area contributed by atoms with Crippen molar-refractivity contribution in [2.75, 3.05) is 0 Å². The first-order valence-electron chi connectivity index (χ1n) is 37.4. The molecule has 1 aliphatic heterocycles. The number of halogens is 1. The standard InChI is InChI=1S/C47H26O.C41H35BO2.C12H7BrO/c1-2-11-30-29(10-1)34-15-9-16-36-45(34)38(30)26-42-46(36)35-14-4-7-18-40(35)47(42)39-17-6-3-12-31(39)32-22-20-28(25-41(32)47)27-21-23-44-37(24-27)33-13-5-8-19-43(33)48-44;1-39(2)40(3,4)44-42(43-39)24-20-21-28-27-14-7-9-18-33(27)41(35(28)22-24)34-19-10-8-15-30(34)38-31-17-11-16-29-25-12-5-6-13-26(25)32(37(29)31)23-36(38)41;13-8-5-6-12-10(7-8)9-3-1-2-4-11(9)14-12/h1-26H;5-23,27-28,33,35H,1-4H3;1-7H. The molecule has 2 aromatic heterocycles. The number of para-hydroxylation sites is 2. The summed E-state index contributed by atoms with van der Waals surface area (Å²) in [6, 6.07) is 101. The van der Waals surface area contributed by atoms with Crippen LogP contribution in [-0.4, -0.2) is 18.3 Å². The molecule has 2 fully saturated rings. The Balaban J connectivity index is 0.000000109. The molecule has 6 heteroatoms. The van der Waals surface area contributed by atoms with E-state index in [0.717, 1.165) is 48.4 Å². The molecule has 0 N–H and O–H groups in total. The third kappa shape index (κ3) is 8.01. The van der Waals surface area contributed by atoms with Crippen LogP contribution >= 0.6 is 15.9 Å². The van der Waals surface area contributed by atoms with E-state index in [-0.39, 0.29) is 29.7 Å². The van der Waals surface area contributed by atoms with Gasteiger partial charge in [0.25, 0.3) is 0 Å². The molecule has 3 heterocycles. The number of furan rings is 2. The fraction of sp³-hybridized carbons (Fsp3) is 0.120. The van der Waals surface area contributed by atoms with E-state index >= 15 is 0 Å². The van der Waals surface area contributed by atoms with Gasteiger partial charge >= 0.3 is 7.12 Å². The Labute approximate surface area is 623 Å². The second kappa shape index (κ2) is 21.9. The summed E-state index contributed by atoms with van der Waals surface area (Å²) in [7, 11) is -0.372. The van der Waals surface area contributed by atoms with Crippen LogP contribution in [0.25, 0.3) is 154 Å². The fourth-order valence-electron chi connectivity index (χ4n) is 21.0. The second-order valence-electron chi connectivity index (χ2n) is 31.4. The first kappa shape index (κ1) is 61.0. The second-order valence-corrected chi connectivity index (χ2v) is 32.3. The number of fused-ring (bicyclic) bond motifs is 34. The summed E-state index contributed by atoms with van der Waals surface area (Å²) < 4.78 is 26.2. The molecule has 14 aromatic carbocycles. The Morgan fingerprint density at radius 2 is 0.774 bits per heavy atom. The molecule has 9 aliphatic rings. The van der Waals surface area contributed by atoms with Crippen molar-refractivity contribution in [3.8, 4) is 89.0 Å². The van der Waals surface area contributed by atoms with E-state index in [1.165, 1.54) is 149 Å². The van der Waals surface area contributed by atoms with Crippen molar-refractivity contribution in [3.63, 3.8) is 0 Å². The molecule has 6 unspecified atom stereocenters. The summed E-state index contributed by atoms with van der Waals surface area (Å²) in [5.41, 5.74) is 33.3. The number of hydrogen-bond donors (Lipinski definition) is 0. The van der Waals surface area contributed by atoms with Crippen molar-refractivity contribution >= 4 is 88.5 Å². The molecule has 502 valence electrons. The van der Waals surface area contributed by atoms with Crippen LogP contribution in [0.3, 0.4) is 0 Å². The van der Waals surface area contributed by atoms with Crippen LogP contribution in [0.1, 0.15) is 61.1 Å². The maximum Gasteiger partial charge on any atom is 0.494 e. The monoisotopic (exact) mass is 1420 g/mol. The third-order valence-corrected chi connectivity index (χ3v) is 26.5. The molecule has 0 amide bonds. The Morgan fingerprint density at radius 3 is 1.42 bits per heavy atom. The molecule has 16 aromatic rings. The van der Waals surface area contributed by atoms with Crippen LogP contribution in [0.15, 0.2) is 334 Å². The lowest BCUT2D eigenvalue weighted by Crippen LogP contribution is -2.41. The number of rotatable bonds is 2. The zero-order valence-electron chi connectivity index (χ0n) is 58.9. The first-order valence-corrected chi connectivity index (χ1v) is 38.2. The van der Waals surface area contributed by atoms with Crippen LogP contribution in [0, 0.1) is 23.7 Å². The summed E-state index contributed by atoms with van der Waals surface area (Å²) in [6.07, 6.45) is 16.9. The number of hydrogen-bond acceptors (Lipinski definition) is 4. The van der Waals surface area contributed by atoms with Crippen molar-refractivity contribution in [1.29, 1.82) is 0 Å². The average molecular weight is 1420 g/mol. The topological polar surface area (TPSA) is 44.7 Å². The van der Waals surface area contributed by atoms with Crippen molar-refractivity contribution in [3.05, 3.63) is 359 Å². The van der Waals surface area contributed by atoms with E-state index in [1.807, 2.05) is 36.4 Å². The molecular weight excluding hydrogens is 1360 g/mol. The lowest BCUT2D eigenvalue weighted by molar-refractivity contribution is 0.00578. The van der Waals surface area contributed by atoms with Gasteiger partial charge in [0.2, 0.25) is 0 Å². The molecule has 1 saturated carbocycles. The summed E-state index contributed by atoms with van der Waals surface area (Å²) >= 11 is 3.46. The van der Waals surface area contributed by atoms with Crippen molar-refractivity contribution in [2.24, 2.45) is 23.7 Å². The quantitative estimate of drug-likeness (QED) is 0.162. The van der Waals surface area contributed by atoms with Gasteiger partial charge in [-0.25, -0.2) is 0 Å². The summed E-state index contributed by atoms with van der Waals surface area (Å²) in [6.45, 7) is 8.59. The van der Waals surface area contributed by atoms with Crippen LogP contribution in [0.5, 0.6) is 0 Å². The average Bonchev–Trinajstić information content (AvgIpc) is 1.50. The van der Waals surface area contributed by atoms with E-state index in [1.54, 1.807) is 0 Å². The van der Waals surface area contributed by atoms with Gasteiger partial charge in [-0.3, -0.25) is 0 Å². The Morgan fingerprint density at radius 1 is 0.321 bits per heavy atom. The highest BCUT2D eigenvalue weighted by Crippen LogP contribution is 2.71. The highest BCUT2D eigenvalue weighted by atomic mass is 79.9. The van der Waals surface area contributed by atoms with Gasteiger partial charge < -0.3 is 18.1 Å². The van der Waals surface area contributed by atoms with Crippen molar-refractivity contribution < 1.29 is 18.1 Å². The molecule has 106 heavy (non-hydrogen) atoms. The van der Waals surface area contributed by atoms with E-state index in [4.69, 9.17) is 18.1 Å². The predicted octanol–water partition coefficient (Wildman–Crippen LogP) is 26.2. The van der Waals surface area contributed by atoms with Gasteiger partial charge in [0, 0.05) is 31.4 Å². The Bertz CT molecular complexity index is 6730. The Kier molecular flexibility index (Phi) is 12.6. The SMILES string of the molecule is Brc1ccc2oc3ccccc3c2c1.CC1(C)OB(C2=CC3C(C=C2)C2C=CC=CC2C32c3ccccc3-c3c2cc2c4c(cccc34)-c3ccccc3-2)OC1(C)C.c1ccc2c(c1)-c1cccc3c4c(cc-2c13)C1(c2ccccc2-c2ccc(-c3ccc5oc6ccccc6c5c3)cc21)c1ccccc1-4. The van der Waals surface area contributed by atoms with Crippen LogP contribution in [-0.2, 0) is 20.1 Å². The van der Waals surface area contributed by atoms with E-state index < -0.39 is 5.41 Å². The van der Waals surface area contributed by atoms with Gasteiger partial charge in [-0.05, 0) is 261 Å². The highest BCUT2D eigenvalue weighted by molar-refractivity contribution is 9.10. The zero-order valence-corrected chi connectivity index (χ0v) is 60.5. The lowest BCUT2D eigenvalue weighted by Gasteiger charge is -2.39. The molecular formula is C100H68BBrO4. The highest BCUT2D eigenvalue weighted by Gasteiger charge is 2.64. The molecule has 6 atom stereocenters. The number of benzene rings is 14. The smallest absolute Gasteiger partial charge is 0.456 e. The van der Waals surface area contributed by atoms with Gasteiger partial charge in [0.05, 0.1) is 16.6 Å². The van der Waals surface area contributed by atoms with Gasteiger partial charge in [-0.2, -0.15) is 0 Å². The zero-order chi connectivity index (χ0) is 70.3. The summed E-state index contributed by atoms with van der Waals surface area (Å²) in [5, 5.41) is 10.2. The van der Waals surface area contributed by atoms with Crippen molar-refractivity contribution in [1.82, 2.24) is 0 Å². The van der Waals surface area contributed by atoms with Crippen LogP contribution < -0.4 is 0 Å². The first-order chi connectivity index (χ1) is 52.0. The summed E-state index contributed by atoms with van der Waals surface area (Å²) in [5.74, 6) is 1.40. The predicted molar refractivity (Wildman–Crippen MR) is 439 cm³/mol. The normalized spacial score (nSPS) is 21.3. The Hall–Kier alpha value is -11.4. The molecule has 8 aliphatic carbocycles. The molecule has 2 spiro atoms. The van der Waals surface area contributed by atoms with E-state index in [0.29, 0.717) is 17.8 Å². The molecule has 0 bridgehead atoms. The van der Waals surface area contributed by atoms with Gasteiger partial charge in [0.1, 0.15) is 22.3 Å². The van der Waals surface area contributed by atoms with Crippen LogP contribution in [0.4, 0.5) is 0 Å². The summed E-state index contributed by atoms with van der Waals surface area (Å²) in [4.78, 5) is 0. The van der Waals surface area contributed by atoms with E-state index in [9.17, 15) is 0 Å². The van der Waals surface area contributed by atoms with Gasteiger partial charge in [0.15, 0.2) is 0 Å². The minimum absolute atomic E-state index is 0.208.